The SMILES string of the molecule is CC(NC(=O)/C=C/c1ccc(OCC#N)cc1)c1ccc(Cl)cc1. The molecule has 1 N–H and O–H groups in total. The second-order valence-electron chi connectivity index (χ2n) is 5.13. The van der Waals surface area contributed by atoms with Gasteiger partial charge in [-0.2, -0.15) is 5.26 Å². The van der Waals surface area contributed by atoms with Gasteiger partial charge in [-0.05, 0) is 48.4 Å². The van der Waals surface area contributed by atoms with E-state index in [1.54, 1.807) is 30.3 Å². The number of nitriles is 1. The van der Waals surface area contributed by atoms with E-state index in [1.807, 2.05) is 37.3 Å². The van der Waals surface area contributed by atoms with Crippen molar-refractivity contribution in [1.29, 1.82) is 5.26 Å². The van der Waals surface area contributed by atoms with E-state index in [9.17, 15) is 4.79 Å². The molecule has 0 saturated heterocycles. The molecule has 1 unspecified atom stereocenters. The Morgan fingerprint density at radius 1 is 1.25 bits per heavy atom. The second kappa shape index (κ2) is 8.76. The Bertz CT molecular complexity index is 746. The Labute approximate surface area is 146 Å². The van der Waals surface area contributed by atoms with Crippen molar-refractivity contribution in [2.24, 2.45) is 0 Å². The molecule has 2 aromatic carbocycles. The van der Waals surface area contributed by atoms with Crippen LogP contribution in [-0.2, 0) is 4.79 Å². The van der Waals surface area contributed by atoms with Crippen LogP contribution in [0.5, 0.6) is 5.75 Å². The smallest absolute Gasteiger partial charge is 0.244 e. The van der Waals surface area contributed by atoms with Crippen molar-refractivity contribution in [2.45, 2.75) is 13.0 Å². The fraction of sp³-hybridized carbons (Fsp3) is 0.158. The quantitative estimate of drug-likeness (QED) is 0.804. The second-order valence-corrected chi connectivity index (χ2v) is 5.57. The zero-order valence-corrected chi connectivity index (χ0v) is 14.0. The van der Waals surface area contributed by atoms with E-state index in [0.29, 0.717) is 10.8 Å². The fourth-order valence-corrected chi connectivity index (χ4v) is 2.18. The standard InChI is InChI=1S/C19H17ClN2O2/c1-14(16-5-7-17(20)8-6-16)22-19(23)11-4-15-2-9-18(10-3-15)24-13-12-21/h2-11,14H,13H2,1H3,(H,22,23)/b11-4+. The van der Waals surface area contributed by atoms with E-state index in [4.69, 9.17) is 21.6 Å². The van der Waals surface area contributed by atoms with Gasteiger partial charge in [0.2, 0.25) is 5.91 Å². The van der Waals surface area contributed by atoms with Crippen LogP contribution in [0.15, 0.2) is 54.6 Å². The summed E-state index contributed by atoms with van der Waals surface area (Å²) in [5.41, 5.74) is 1.86. The highest BCUT2D eigenvalue weighted by Crippen LogP contribution is 2.16. The third-order valence-electron chi connectivity index (χ3n) is 3.34. The predicted octanol–water partition coefficient (Wildman–Crippen LogP) is 4.13. The van der Waals surface area contributed by atoms with E-state index in [0.717, 1.165) is 11.1 Å². The maximum absolute atomic E-state index is 12.0. The van der Waals surface area contributed by atoms with Crippen LogP contribution in [0.25, 0.3) is 6.08 Å². The maximum atomic E-state index is 12.0. The number of nitrogens with one attached hydrogen (secondary N) is 1. The van der Waals surface area contributed by atoms with Gasteiger partial charge < -0.3 is 10.1 Å². The molecule has 2 aromatic rings. The molecule has 4 nitrogen and oxygen atoms in total. The molecule has 0 spiro atoms. The van der Waals surface area contributed by atoms with Gasteiger partial charge in [0.15, 0.2) is 6.61 Å². The summed E-state index contributed by atoms with van der Waals surface area (Å²) in [6.07, 6.45) is 3.20. The Morgan fingerprint density at radius 2 is 1.92 bits per heavy atom. The Morgan fingerprint density at radius 3 is 2.54 bits per heavy atom. The van der Waals surface area contributed by atoms with Crippen molar-refractivity contribution >= 4 is 23.6 Å². The zero-order chi connectivity index (χ0) is 17.4. The molecule has 0 aliphatic heterocycles. The van der Waals surface area contributed by atoms with Crippen molar-refractivity contribution < 1.29 is 9.53 Å². The summed E-state index contributed by atoms with van der Waals surface area (Å²) in [5.74, 6) is 0.441. The molecule has 2 rings (SSSR count). The summed E-state index contributed by atoms with van der Waals surface area (Å²) in [5, 5.41) is 12.0. The van der Waals surface area contributed by atoms with Crippen LogP contribution in [0, 0.1) is 11.3 Å². The van der Waals surface area contributed by atoms with Crippen LogP contribution in [0.2, 0.25) is 5.02 Å². The first-order chi connectivity index (χ1) is 11.6. The van der Waals surface area contributed by atoms with E-state index in [1.165, 1.54) is 6.08 Å². The summed E-state index contributed by atoms with van der Waals surface area (Å²) < 4.78 is 5.17. The number of rotatable bonds is 6. The molecule has 0 heterocycles. The third kappa shape index (κ3) is 5.45. The van der Waals surface area contributed by atoms with Gasteiger partial charge in [-0.3, -0.25) is 4.79 Å². The van der Waals surface area contributed by atoms with Crippen LogP contribution < -0.4 is 10.1 Å². The van der Waals surface area contributed by atoms with Crippen LogP contribution >= 0.6 is 11.6 Å². The number of halogens is 1. The minimum absolute atomic E-state index is 0.0141. The molecule has 0 fully saturated rings. The van der Waals surface area contributed by atoms with Crippen LogP contribution in [0.4, 0.5) is 0 Å². The molecule has 0 aromatic heterocycles. The molecular weight excluding hydrogens is 324 g/mol. The summed E-state index contributed by atoms with van der Waals surface area (Å²) in [7, 11) is 0. The van der Waals surface area contributed by atoms with Gasteiger partial charge in [-0.25, -0.2) is 0 Å². The van der Waals surface area contributed by atoms with Crippen LogP contribution in [0.1, 0.15) is 24.1 Å². The van der Waals surface area contributed by atoms with Crippen molar-refractivity contribution in [3.63, 3.8) is 0 Å². The molecular formula is C19H17ClN2O2. The van der Waals surface area contributed by atoms with Crippen molar-refractivity contribution in [3.05, 3.63) is 70.8 Å². The summed E-state index contributed by atoms with van der Waals surface area (Å²) in [6, 6.07) is 16.3. The van der Waals surface area contributed by atoms with E-state index in [-0.39, 0.29) is 18.6 Å². The average molecular weight is 341 g/mol. The van der Waals surface area contributed by atoms with Crippen LogP contribution in [0.3, 0.4) is 0 Å². The molecule has 1 amide bonds. The Kier molecular flexibility index (Phi) is 6.41. The third-order valence-corrected chi connectivity index (χ3v) is 3.59. The molecule has 0 bridgehead atoms. The van der Waals surface area contributed by atoms with E-state index >= 15 is 0 Å². The first-order valence-corrected chi connectivity index (χ1v) is 7.80. The number of ether oxygens (including phenoxy) is 1. The highest BCUT2D eigenvalue weighted by molar-refractivity contribution is 6.30. The molecule has 0 radical (unpaired) electrons. The number of carbonyl (C=O) groups is 1. The normalized spacial score (nSPS) is 11.7. The molecule has 0 saturated carbocycles. The average Bonchev–Trinajstić information content (AvgIpc) is 2.59. The number of carbonyl (C=O) groups excluding carboxylic acids is 1. The zero-order valence-electron chi connectivity index (χ0n) is 13.2. The maximum Gasteiger partial charge on any atom is 0.244 e. The first kappa shape index (κ1) is 17.6. The summed E-state index contributed by atoms with van der Waals surface area (Å²) >= 11 is 5.86. The van der Waals surface area contributed by atoms with Crippen molar-refractivity contribution in [3.8, 4) is 11.8 Å². The molecule has 24 heavy (non-hydrogen) atoms. The lowest BCUT2D eigenvalue weighted by Gasteiger charge is -2.12. The van der Waals surface area contributed by atoms with Gasteiger partial charge in [-0.15, -0.1) is 0 Å². The van der Waals surface area contributed by atoms with Gasteiger partial charge in [0.25, 0.3) is 0 Å². The van der Waals surface area contributed by atoms with Gasteiger partial charge >= 0.3 is 0 Å². The monoisotopic (exact) mass is 340 g/mol. The molecule has 122 valence electrons. The minimum atomic E-state index is -0.178. The molecule has 0 aliphatic rings. The number of hydrogen-bond acceptors (Lipinski definition) is 3. The van der Waals surface area contributed by atoms with Crippen LogP contribution in [-0.4, -0.2) is 12.5 Å². The number of nitrogens with zero attached hydrogens (tertiary/aromatic N) is 1. The van der Waals surface area contributed by atoms with Gasteiger partial charge in [0, 0.05) is 11.1 Å². The van der Waals surface area contributed by atoms with Crippen molar-refractivity contribution in [2.75, 3.05) is 6.61 Å². The Hall–Kier alpha value is -2.77. The molecule has 0 aliphatic carbocycles. The lowest BCUT2D eigenvalue weighted by Crippen LogP contribution is -2.24. The van der Waals surface area contributed by atoms with Gasteiger partial charge in [-0.1, -0.05) is 35.9 Å². The predicted molar refractivity (Wildman–Crippen MR) is 94.6 cm³/mol. The number of amides is 1. The van der Waals surface area contributed by atoms with Gasteiger partial charge in [0.1, 0.15) is 11.8 Å². The lowest BCUT2D eigenvalue weighted by atomic mass is 10.1. The lowest BCUT2D eigenvalue weighted by molar-refractivity contribution is -0.117. The van der Waals surface area contributed by atoms with Gasteiger partial charge in [0.05, 0.1) is 6.04 Å². The van der Waals surface area contributed by atoms with E-state index < -0.39 is 0 Å². The topological polar surface area (TPSA) is 62.1 Å². The largest absolute Gasteiger partial charge is 0.479 e. The van der Waals surface area contributed by atoms with E-state index in [2.05, 4.69) is 5.32 Å². The number of benzene rings is 2. The fourth-order valence-electron chi connectivity index (χ4n) is 2.06. The molecule has 5 heteroatoms. The summed E-state index contributed by atoms with van der Waals surface area (Å²) in [6.45, 7) is 1.93. The summed E-state index contributed by atoms with van der Waals surface area (Å²) in [4.78, 5) is 12.0. The highest BCUT2D eigenvalue weighted by Gasteiger charge is 2.07. The highest BCUT2D eigenvalue weighted by atomic mass is 35.5. The first-order valence-electron chi connectivity index (χ1n) is 7.42. The van der Waals surface area contributed by atoms with Crippen molar-refractivity contribution in [1.82, 2.24) is 5.32 Å². The number of hydrogen-bond donors (Lipinski definition) is 1. The Balaban J connectivity index is 1.90. The molecule has 1 atom stereocenters. The minimum Gasteiger partial charge on any atom is -0.479 e.